The van der Waals surface area contributed by atoms with Crippen molar-refractivity contribution in [2.75, 3.05) is 32.8 Å². The van der Waals surface area contributed by atoms with Gasteiger partial charge in [0.15, 0.2) is 12.4 Å². The number of aliphatic hydroxyl groups is 6. The molecule has 1 aromatic rings. The minimum atomic E-state index is -1.77. The molecule has 0 aliphatic carbocycles. The Morgan fingerprint density at radius 3 is 2.35 bits per heavy atom. The Morgan fingerprint density at radius 1 is 0.961 bits per heavy atom. The fourth-order valence-corrected chi connectivity index (χ4v) is 6.33. The minimum absolute atomic E-state index is 0.0328. The van der Waals surface area contributed by atoms with Crippen molar-refractivity contribution >= 4 is 17.8 Å². The van der Waals surface area contributed by atoms with Gasteiger partial charge in [0.2, 0.25) is 18.1 Å². The van der Waals surface area contributed by atoms with E-state index in [2.05, 4.69) is 10.6 Å². The Labute approximate surface area is 296 Å². The third kappa shape index (κ3) is 11.0. The van der Waals surface area contributed by atoms with Gasteiger partial charge >= 0.3 is 5.97 Å². The van der Waals surface area contributed by atoms with E-state index in [0.29, 0.717) is 45.3 Å². The third-order valence-electron chi connectivity index (χ3n) is 9.21. The second kappa shape index (κ2) is 19.2. The fourth-order valence-electron chi connectivity index (χ4n) is 6.33. The topological polar surface area (TPSA) is 246 Å². The normalized spacial score (nSPS) is 35.8. The first-order chi connectivity index (χ1) is 24.3. The first kappa shape index (κ1) is 40.8. The molecule has 12 atom stereocenters. The van der Waals surface area contributed by atoms with E-state index in [0.717, 1.165) is 5.56 Å². The lowest BCUT2D eigenvalue weighted by atomic mass is 9.97. The maximum atomic E-state index is 12.9. The molecule has 1 aromatic carbocycles. The van der Waals surface area contributed by atoms with E-state index in [9.17, 15) is 45.0 Å². The summed E-state index contributed by atoms with van der Waals surface area (Å²) in [4.78, 5) is 39.3. The number of nitrogens with zero attached hydrogens (tertiary/aromatic N) is 1. The number of rotatable bonds is 9. The van der Waals surface area contributed by atoms with E-state index in [-0.39, 0.29) is 30.5 Å². The second-order valence-electron chi connectivity index (χ2n) is 13.2. The van der Waals surface area contributed by atoms with E-state index in [4.69, 9.17) is 23.7 Å². The van der Waals surface area contributed by atoms with Crippen molar-refractivity contribution in [1.29, 1.82) is 0 Å². The van der Waals surface area contributed by atoms with Gasteiger partial charge in [-0.2, -0.15) is 0 Å². The van der Waals surface area contributed by atoms with Crippen molar-refractivity contribution < 1.29 is 68.7 Å². The number of hydrogen-bond donors (Lipinski definition) is 8. The zero-order chi connectivity index (χ0) is 37.2. The number of aliphatic hydroxyl groups excluding tert-OH is 6. The molecule has 288 valence electrons. The van der Waals surface area contributed by atoms with Crippen molar-refractivity contribution in [3.8, 4) is 5.75 Å². The van der Waals surface area contributed by atoms with Gasteiger partial charge in [-0.3, -0.25) is 14.4 Å². The van der Waals surface area contributed by atoms with Crippen LogP contribution in [0, 0.1) is 0 Å². The van der Waals surface area contributed by atoms with Crippen LogP contribution in [-0.2, 0) is 33.3 Å². The molecule has 2 amide bonds. The highest BCUT2D eigenvalue weighted by Crippen LogP contribution is 2.31. The zero-order valence-corrected chi connectivity index (χ0v) is 29.2. The molecule has 0 bridgehead atoms. The maximum Gasteiger partial charge on any atom is 0.302 e. The lowest BCUT2D eigenvalue weighted by Gasteiger charge is -2.45. The molecule has 3 saturated heterocycles. The predicted octanol–water partition coefficient (Wildman–Crippen LogP) is -1.79. The van der Waals surface area contributed by atoms with Gasteiger partial charge in [0, 0.05) is 38.9 Å². The summed E-state index contributed by atoms with van der Waals surface area (Å²) >= 11 is 0. The molecule has 3 aliphatic rings. The highest BCUT2D eigenvalue weighted by atomic mass is 16.8. The van der Waals surface area contributed by atoms with Crippen molar-refractivity contribution in [3.05, 3.63) is 29.8 Å². The van der Waals surface area contributed by atoms with Gasteiger partial charge in [0.1, 0.15) is 48.5 Å². The SMILES string of the molecule is CCCC(=O)N1CCCNC(=O)CC(c2ccc(OC3OC(C)C(O)C(O)C3OC3OC(CO)C(O)C(O)C3O)cc2)NCCC(OC(C)=O)C1. The summed E-state index contributed by atoms with van der Waals surface area (Å²) in [7, 11) is 0. The number of amides is 2. The lowest BCUT2D eigenvalue weighted by molar-refractivity contribution is -0.355. The smallest absolute Gasteiger partial charge is 0.302 e. The summed E-state index contributed by atoms with van der Waals surface area (Å²) in [5.41, 5.74) is 0.735. The van der Waals surface area contributed by atoms with Crippen LogP contribution in [0.25, 0.3) is 0 Å². The van der Waals surface area contributed by atoms with Gasteiger partial charge in [-0.05, 0) is 50.4 Å². The van der Waals surface area contributed by atoms with Gasteiger partial charge in [0.25, 0.3) is 0 Å². The van der Waals surface area contributed by atoms with Crippen LogP contribution in [-0.4, -0.2) is 154 Å². The molecule has 51 heavy (non-hydrogen) atoms. The standard InChI is InChI=1S/C34H53N3O14/c1-4-6-26(41)37-14-5-12-36-25(40)15-23(35-13-11-22(16-37)48-19(3)39)20-7-9-21(10-8-20)49-34-32(30(45)27(42)18(2)47-34)51-33-31(46)29(44)28(43)24(17-38)50-33/h7-10,18,22-24,27-35,38,42-46H,4-6,11-17H2,1-3H3,(H,36,40). The van der Waals surface area contributed by atoms with Crippen LogP contribution >= 0.6 is 0 Å². The highest BCUT2D eigenvalue weighted by Gasteiger charge is 2.50. The largest absolute Gasteiger partial charge is 0.462 e. The molecule has 17 nitrogen and oxygen atoms in total. The number of esters is 1. The third-order valence-corrected chi connectivity index (χ3v) is 9.21. The average Bonchev–Trinajstić information content (AvgIpc) is 3.11. The maximum absolute atomic E-state index is 12.9. The molecular formula is C34H53N3O14. The summed E-state index contributed by atoms with van der Waals surface area (Å²) in [5.74, 6) is -0.409. The molecule has 8 N–H and O–H groups in total. The van der Waals surface area contributed by atoms with Crippen molar-refractivity contribution in [1.82, 2.24) is 15.5 Å². The van der Waals surface area contributed by atoms with Crippen LogP contribution in [0.15, 0.2) is 24.3 Å². The van der Waals surface area contributed by atoms with Gasteiger partial charge in [-0.25, -0.2) is 0 Å². The monoisotopic (exact) mass is 727 g/mol. The average molecular weight is 728 g/mol. The van der Waals surface area contributed by atoms with E-state index in [1.807, 2.05) is 6.92 Å². The summed E-state index contributed by atoms with van der Waals surface area (Å²) in [6.45, 7) is 5.48. The van der Waals surface area contributed by atoms with Crippen LogP contribution in [0.3, 0.4) is 0 Å². The summed E-state index contributed by atoms with van der Waals surface area (Å²) in [6, 6.07) is 6.26. The Kier molecular flexibility index (Phi) is 15.4. The van der Waals surface area contributed by atoms with E-state index >= 15 is 0 Å². The van der Waals surface area contributed by atoms with Crippen LogP contribution < -0.4 is 15.4 Å². The highest BCUT2D eigenvalue weighted by molar-refractivity contribution is 5.77. The lowest BCUT2D eigenvalue weighted by Crippen LogP contribution is -2.64. The van der Waals surface area contributed by atoms with E-state index in [1.165, 1.54) is 13.8 Å². The Hall–Kier alpha value is -2.97. The predicted molar refractivity (Wildman–Crippen MR) is 177 cm³/mol. The summed E-state index contributed by atoms with van der Waals surface area (Å²) in [5, 5.41) is 68.0. The van der Waals surface area contributed by atoms with Gasteiger partial charge in [-0.1, -0.05) is 19.1 Å². The molecule has 3 heterocycles. The first-order valence-corrected chi connectivity index (χ1v) is 17.5. The number of benzene rings is 1. The van der Waals surface area contributed by atoms with Crippen molar-refractivity contribution in [2.24, 2.45) is 0 Å². The van der Waals surface area contributed by atoms with Gasteiger partial charge in [0.05, 0.1) is 19.3 Å². The minimum Gasteiger partial charge on any atom is -0.462 e. The van der Waals surface area contributed by atoms with Crippen LogP contribution in [0.2, 0.25) is 0 Å². The molecule has 0 saturated carbocycles. The molecule has 17 heteroatoms. The Bertz CT molecular complexity index is 1270. The fraction of sp³-hybridized carbons (Fsp3) is 0.735. The van der Waals surface area contributed by atoms with E-state index in [1.54, 1.807) is 29.2 Å². The number of nitrogens with one attached hydrogen (secondary N) is 2. The van der Waals surface area contributed by atoms with Crippen LogP contribution in [0.5, 0.6) is 5.75 Å². The Morgan fingerprint density at radius 2 is 1.69 bits per heavy atom. The molecule has 3 aliphatic heterocycles. The molecular weight excluding hydrogens is 674 g/mol. The van der Waals surface area contributed by atoms with Crippen molar-refractivity contribution in [3.63, 3.8) is 0 Å². The molecule has 12 unspecified atom stereocenters. The van der Waals surface area contributed by atoms with Gasteiger partial charge < -0.3 is 69.9 Å². The molecule has 4 rings (SSSR count). The Balaban J connectivity index is 1.47. The van der Waals surface area contributed by atoms with Crippen molar-refractivity contribution in [2.45, 2.75) is 126 Å². The second-order valence-corrected chi connectivity index (χ2v) is 13.2. The van der Waals surface area contributed by atoms with Crippen LogP contribution in [0.1, 0.15) is 64.5 Å². The molecule has 0 spiro atoms. The molecule has 0 aromatic heterocycles. The summed E-state index contributed by atoms with van der Waals surface area (Å²) < 4.78 is 28.6. The number of ether oxygens (including phenoxy) is 5. The van der Waals surface area contributed by atoms with Gasteiger partial charge in [-0.15, -0.1) is 0 Å². The quantitative estimate of drug-likeness (QED) is 0.131. The summed E-state index contributed by atoms with van der Waals surface area (Å²) in [6.07, 6.45) is -13.1. The number of hydrogen-bond acceptors (Lipinski definition) is 15. The molecule has 3 fully saturated rings. The molecule has 0 radical (unpaired) electrons. The van der Waals surface area contributed by atoms with Crippen LogP contribution in [0.4, 0.5) is 0 Å². The first-order valence-electron chi connectivity index (χ1n) is 17.5. The zero-order valence-electron chi connectivity index (χ0n) is 29.2. The van der Waals surface area contributed by atoms with E-state index < -0.39 is 86.1 Å². The number of carbonyl (C=O) groups is 3. The number of carbonyl (C=O) groups excluding carboxylic acids is 3.